The van der Waals surface area contributed by atoms with Crippen molar-refractivity contribution in [2.24, 2.45) is 0 Å². The van der Waals surface area contributed by atoms with Crippen LogP contribution in [0.5, 0.6) is 5.75 Å². The van der Waals surface area contributed by atoms with Crippen LogP contribution in [0.4, 0.5) is 10.2 Å². The number of hydrogen-bond acceptors (Lipinski definition) is 6. The molecule has 194 valence electrons. The summed E-state index contributed by atoms with van der Waals surface area (Å²) in [4.78, 5) is 30.5. The van der Waals surface area contributed by atoms with Crippen LogP contribution in [-0.2, 0) is 11.3 Å². The molecule has 9 nitrogen and oxygen atoms in total. The minimum Gasteiger partial charge on any atom is -0.497 e. The molecule has 1 fully saturated rings. The SMILES string of the molecule is C=CC(=O)N1CCC(Nc2n[nH]c3nccc(-c4ccc(CNC(=O)c5ccc(OC)cc5)c(F)c4)c23)C1. The molecular formula is C28H27FN6O3. The van der Waals surface area contributed by atoms with Gasteiger partial charge in [-0.1, -0.05) is 18.7 Å². The predicted octanol–water partition coefficient (Wildman–Crippen LogP) is 3.90. The topological polar surface area (TPSA) is 112 Å². The van der Waals surface area contributed by atoms with E-state index in [1.807, 2.05) is 12.1 Å². The molecule has 0 radical (unpaired) electrons. The van der Waals surface area contributed by atoms with E-state index in [4.69, 9.17) is 4.74 Å². The third-order valence-corrected chi connectivity index (χ3v) is 6.63. The Bertz CT molecular complexity index is 1500. The molecule has 2 aromatic heterocycles. The van der Waals surface area contributed by atoms with Gasteiger partial charge in [0.1, 0.15) is 11.6 Å². The molecule has 1 saturated heterocycles. The maximum absolute atomic E-state index is 15.1. The minimum atomic E-state index is -0.435. The summed E-state index contributed by atoms with van der Waals surface area (Å²) in [6.45, 7) is 4.78. The van der Waals surface area contributed by atoms with Crippen LogP contribution in [0.25, 0.3) is 22.2 Å². The number of aromatic amines is 1. The van der Waals surface area contributed by atoms with Gasteiger partial charge in [0.2, 0.25) is 5.91 Å². The van der Waals surface area contributed by atoms with Crippen molar-refractivity contribution in [3.8, 4) is 16.9 Å². The van der Waals surface area contributed by atoms with Gasteiger partial charge in [-0.2, -0.15) is 5.10 Å². The van der Waals surface area contributed by atoms with Crippen LogP contribution in [0.1, 0.15) is 22.3 Å². The second kappa shape index (κ2) is 10.7. The average Bonchev–Trinajstić information content (AvgIpc) is 3.59. The molecule has 1 unspecified atom stereocenters. The Balaban J connectivity index is 1.33. The number of hydrogen-bond donors (Lipinski definition) is 3. The number of carbonyl (C=O) groups excluding carboxylic acids is 2. The molecule has 38 heavy (non-hydrogen) atoms. The monoisotopic (exact) mass is 514 g/mol. The number of amides is 2. The van der Waals surface area contributed by atoms with Gasteiger partial charge in [0.25, 0.3) is 5.91 Å². The molecule has 0 bridgehead atoms. The fraction of sp³-hybridized carbons (Fsp3) is 0.214. The number of rotatable bonds is 8. The molecule has 1 aliphatic heterocycles. The number of fused-ring (bicyclic) bond motifs is 1. The lowest BCUT2D eigenvalue weighted by molar-refractivity contribution is -0.125. The smallest absolute Gasteiger partial charge is 0.251 e. The van der Waals surface area contributed by atoms with E-state index in [1.165, 1.54) is 12.1 Å². The summed E-state index contributed by atoms with van der Waals surface area (Å²) in [6, 6.07) is 13.4. The van der Waals surface area contributed by atoms with Gasteiger partial charge in [0.05, 0.1) is 12.5 Å². The third kappa shape index (κ3) is 5.06. The van der Waals surface area contributed by atoms with E-state index in [0.29, 0.717) is 47.0 Å². The van der Waals surface area contributed by atoms with Crippen LogP contribution in [0.2, 0.25) is 0 Å². The molecule has 2 amide bonds. The molecular weight excluding hydrogens is 487 g/mol. The van der Waals surface area contributed by atoms with Crippen molar-refractivity contribution in [2.45, 2.75) is 19.0 Å². The molecule has 3 heterocycles. The maximum atomic E-state index is 15.1. The molecule has 4 aromatic rings. The Labute approximate surface area is 218 Å². The van der Waals surface area contributed by atoms with Gasteiger partial charge in [-0.25, -0.2) is 9.37 Å². The standard InChI is InChI=1S/C28H27FN6O3/c1-3-24(36)35-13-11-20(16-35)32-27-25-22(10-12-30-26(25)33-34-27)18-4-5-19(23(29)14-18)15-31-28(37)17-6-8-21(38-2)9-7-17/h3-10,12,14,20H,1,11,13,15-16H2,2H3,(H,31,37)(H2,30,32,33,34). The van der Waals surface area contributed by atoms with Crippen molar-refractivity contribution in [1.29, 1.82) is 0 Å². The van der Waals surface area contributed by atoms with Crippen LogP contribution in [0.15, 0.2) is 67.4 Å². The van der Waals surface area contributed by atoms with Crippen molar-refractivity contribution in [2.75, 3.05) is 25.5 Å². The summed E-state index contributed by atoms with van der Waals surface area (Å²) in [5.41, 5.74) is 2.80. The van der Waals surface area contributed by atoms with E-state index in [-0.39, 0.29) is 24.4 Å². The Morgan fingerprint density at radius 1 is 1.24 bits per heavy atom. The van der Waals surface area contributed by atoms with Crippen molar-refractivity contribution < 1.29 is 18.7 Å². The van der Waals surface area contributed by atoms with Gasteiger partial charge in [-0.3, -0.25) is 14.7 Å². The lowest BCUT2D eigenvalue weighted by Crippen LogP contribution is -2.30. The summed E-state index contributed by atoms with van der Waals surface area (Å²) in [7, 11) is 1.55. The van der Waals surface area contributed by atoms with Crippen molar-refractivity contribution >= 4 is 28.7 Å². The highest BCUT2D eigenvalue weighted by atomic mass is 19.1. The third-order valence-electron chi connectivity index (χ3n) is 6.63. The van der Waals surface area contributed by atoms with Crippen LogP contribution in [0, 0.1) is 5.82 Å². The number of nitrogens with one attached hydrogen (secondary N) is 3. The van der Waals surface area contributed by atoms with Crippen LogP contribution in [-0.4, -0.2) is 58.1 Å². The van der Waals surface area contributed by atoms with E-state index in [0.717, 1.165) is 17.4 Å². The van der Waals surface area contributed by atoms with Crippen LogP contribution < -0.4 is 15.4 Å². The zero-order valence-electron chi connectivity index (χ0n) is 20.8. The lowest BCUT2D eigenvalue weighted by atomic mass is 10.0. The molecule has 0 spiro atoms. The number of methoxy groups -OCH3 is 1. The first-order valence-corrected chi connectivity index (χ1v) is 12.2. The highest BCUT2D eigenvalue weighted by molar-refractivity contribution is 6.00. The minimum absolute atomic E-state index is 0.0203. The van der Waals surface area contributed by atoms with Gasteiger partial charge in [-0.05, 0) is 60.0 Å². The molecule has 2 aromatic carbocycles. The lowest BCUT2D eigenvalue weighted by Gasteiger charge is -2.15. The van der Waals surface area contributed by atoms with E-state index in [1.54, 1.807) is 48.5 Å². The number of aromatic nitrogens is 3. The van der Waals surface area contributed by atoms with Gasteiger partial charge in [-0.15, -0.1) is 0 Å². The van der Waals surface area contributed by atoms with E-state index < -0.39 is 5.82 Å². The molecule has 1 atom stereocenters. The van der Waals surface area contributed by atoms with Gasteiger partial charge in [0, 0.05) is 43.0 Å². The highest BCUT2D eigenvalue weighted by Gasteiger charge is 2.26. The number of pyridine rings is 1. The summed E-state index contributed by atoms with van der Waals surface area (Å²) >= 11 is 0. The number of benzene rings is 2. The Morgan fingerprint density at radius 2 is 2.05 bits per heavy atom. The number of carbonyl (C=O) groups is 2. The molecule has 1 aliphatic rings. The van der Waals surface area contributed by atoms with E-state index in [9.17, 15) is 9.59 Å². The fourth-order valence-electron chi connectivity index (χ4n) is 4.57. The van der Waals surface area contributed by atoms with Crippen molar-refractivity contribution in [1.82, 2.24) is 25.4 Å². The fourth-order valence-corrected chi connectivity index (χ4v) is 4.57. The second-order valence-corrected chi connectivity index (χ2v) is 8.99. The molecule has 10 heteroatoms. The largest absolute Gasteiger partial charge is 0.497 e. The Morgan fingerprint density at radius 3 is 2.79 bits per heavy atom. The summed E-state index contributed by atoms with van der Waals surface area (Å²) in [5.74, 6) is 0.408. The van der Waals surface area contributed by atoms with Gasteiger partial charge < -0.3 is 20.3 Å². The molecule has 0 saturated carbocycles. The Hall–Kier alpha value is -4.73. The number of halogens is 1. The summed E-state index contributed by atoms with van der Waals surface area (Å²) < 4.78 is 20.2. The predicted molar refractivity (Wildman–Crippen MR) is 142 cm³/mol. The Kier molecular flexibility index (Phi) is 7.03. The second-order valence-electron chi connectivity index (χ2n) is 8.99. The maximum Gasteiger partial charge on any atom is 0.251 e. The molecule has 5 rings (SSSR count). The number of anilines is 1. The van der Waals surface area contributed by atoms with Crippen LogP contribution >= 0.6 is 0 Å². The number of ether oxygens (including phenoxy) is 1. The van der Waals surface area contributed by atoms with Crippen molar-refractivity contribution in [3.63, 3.8) is 0 Å². The summed E-state index contributed by atoms with van der Waals surface area (Å²) in [5, 5.41) is 14.2. The number of nitrogens with zero attached hydrogens (tertiary/aromatic N) is 3. The first-order valence-electron chi connectivity index (χ1n) is 12.2. The number of H-pyrrole nitrogens is 1. The van der Waals surface area contributed by atoms with Gasteiger partial charge >= 0.3 is 0 Å². The van der Waals surface area contributed by atoms with Crippen molar-refractivity contribution in [3.05, 3.63) is 84.3 Å². The normalized spacial score (nSPS) is 14.9. The summed E-state index contributed by atoms with van der Waals surface area (Å²) in [6.07, 6.45) is 3.73. The molecule has 3 N–H and O–H groups in total. The first kappa shape index (κ1) is 24.9. The van der Waals surface area contributed by atoms with E-state index >= 15 is 4.39 Å². The average molecular weight is 515 g/mol. The van der Waals surface area contributed by atoms with Crippen LogP contribution in [0.3, 0.4) is 0 Å². The van der Waals surface area contributed by atoms with E-state index in [2.05, 4.69) is 32.4 Å². The quantitative estimate of drug-likeness (QED) is 0.308. The van der Waals surface area contributed by atoms with Gasteiger partial charge in [0.15, 0.2) is 11.5 Å². The molecule has 0 aliphatic carbocycles. The first-order chi connectivity index (χ1) is 18.5. The zero-order valence-corrected chi connectivity index (χ0v) is 20.8. The highest BCUT2D eigenvalue weighted by Crippen LogP contribution is 2.33. The zero-order chi connectivity index (χ0) is 26.6. The number of likely N-dealkylation sites (tertiary alicyclic amines) is 1.